The third-order valence-corrected chi connectivity index (χ3v) is 7.94. The summed E-state index contributed by atoms with van der Waals surface area (Å²) in [6.07, 6.45) is 1.77. The number of aromatic nitrogens is 2. The molecule has 0 saturated heterocycles. The number of benzene rings is 2. The Bertz CT molecular complexity index is 1470. The molecular weight excluding hydrogens is 523 g/mol. The fourth-order valence-corrected chi connectivity index (χ4v) is 5.27. The van der Waals surface area contributed by atoms with Crippen molar-refractivity contribution in [1.82, 2.24) is 14.5 Å². The molecule has 0 aliphatic heterocycles. The second kappa shape index (κ2) is 10.5. The van der Waals surface area contributed by atoms with Crippen molar-refractivity contribution < 1.29 is 36.3 Å². The number of nitrogens with one attached hydrogen (secondary N) is 1. The molecule has 1 aliphatic rings. The minimum atomic E-state index is -4.50. The van der Waals surface area contributed by atoms with Crippen LogP contribution in [0.3, 0.4) is 0 Å². The molecule has 38 heavy (non-hydrogen) atoms. The van der Waals surface area contributed by atoms with E-state index in [4.69, 9.17) is 0 Å². The van der Waals surface area contributed by atoms with Gasteiger partial charge in [-0.15, -0.1) is 0 Å². The zero-order chi connectivity index (χ0) is 27.6. The molecule has 1 fully saturated rings. The van der Waals surface area contributed by atoms with Crippen molar-refractivity contribution in [3.8, 4) is 0 Å². The fraction of sp³-hybridized carbons (Fsp3) is 0.269. The minimum absolute atomic E-state index is 0.0169. The molecule has 2 aromatic carbocycles. The Hall–Kier alpha value is -3.77. The quantitative estimate of drug-likeness (QED) is 0.364. The van der Waals surface area contributed by atoms with Gasteiger partial charge in [0.15, 0.2) is 0 Å². The van der Waals surface area contributed by atoms with Crippen LogP contribution in [-0.4, -0.2) is 41.6 Å². The van der Waals surface area contributed by atoms with Crippen molar-refractivity contribution in [3.63, 3.8) is 0 Å². The topological polar surface area (TPSA) is 118 Å². The van der Waals surface area contributed by atoms with Gasteiger partial charge in [0.05, 0.1) is 22.4 Å². The van der Waals surface area contributed by atoms with Gasteiger partial charge in [-0.1, -0.05) is 42.8 Å². The summed E-state index contributed by atoms with van der Waals surface area (Å²) in [4.78, 5) is 24.3. The maximum absolute atomic E-state index is 12.8. The number of ketones is 1. The third-order valence-electron chi connectivity index (χ3n) is 6.55. The van der Waals surface area contributed by atoms with Gasteiger partial charge in [0, 0.05) is 18.3 Å². The van der Waals surface area contributed by atoms with E-state index in [1.54, 1.807) is 24.3 Å². The summed E-state index contributed by atoms with van der Waals surface area (Å²) in [5.74, 6) is -1.51. The average molecular weight is 548 g/mol. The summed E-state index contributed by atoms with van der Waals surface area (Å²) < 4.78 is 67.7. The summed E-state index contributed by atoms with van der Waals surface area (Å²) in [6, 6.07) is 11.4. The van der Waals surface area contributed by atoms with E-state index in [-0.39, 0.29) is 29.2 Å². The summed E-state index contributed by atoms with van der Waals surface area (Å²) in [7, 11) is -3.93. The molecule has 1 saturated carbocycles. The maximum atomic E-state index is 12.8. The summed E-state index contributed by atoms with van der Waals surface area (Å²) in [5, 5.41) is 13.5. The number of halogens is 3. The van der Waals surface area contributed by atoms with Crippen molar-refractivity contribution in [2.75, 3.05) is 6.54 Å². The highest BCUT2D eigenvalue weighted by atomic mass is 32.2. The normalized spacial score (nSPS) is 15.3. The number of alkyl halides is 3. The Labute approximate surface area is 216 Å². The van der Waals surface area contributed by atoms with Crippen LogP contribution in [0.2, 0.25) is 0 Å². The van der Waals surface area contributed by atoms with Gasteiger partial charge >= 0.3 is 12.1 Å². The number of nitrogens with zero attached hydrogens (tertiary/aromatic N) is 2. The van der Waals surface area contributed by atoms with E-state index in [0.717, 1.165) is 30.7 Å². The number of hydrogen-bond donors (Lipinski definition) is 2. The van der Waals surface area contributed by atoms with E-state index in [1.807, 2.05) is 0 Å². The van der Waals surface area contributed by atoms with Crippen molar-refractivity contribution in [2.45, 2.75) is 36.9 Å². The molecule has 0 radical (unpaired) electrons. The molecule has 3 aromatic rings. The van der Waals surface area contributed by atoms with Crippen molar-refractivity contribution in [3.05, 3.63) is 89.3 Å². The van der Waals surface area contributed by atoms with Gasteiger partial charge in [0.2, 0.25) is 15.8 Å². The first-order valence-corrected chi connectivity index (χ1v) is 13.1. The second-order valence-corrected chi connectivity index (χ2v) is 10.8. The highest BCUT2D eigenvalue weighted by Gasteiger charge is 2.45. The number of carboxylic acid groups (broad SMARTS) is 1. The number of allylic oxidation sites excluding steroid dienone is 1. The largest absolute Gasteiger partial charge is 0.481 e. The maximum Gasteiger partial charge on any atom is 0.416 e. The molecular formula is C26H24F3N3O5S. The van der Waals surface area contributed by atoms with Crippen LogP contribution in [0, 0.1) is 5.41 Å². The fourth-order valence-electron chi connectivity index (χ4n) is 4.09. The second-order valence-electron chi connectivity index (χ2n) is 9.04. The lowest BCUT2D eigenvalue weighted by Crippen LogP contribution is -2.47. The summed E-state index contributed by atoms with van der Waals surface area (Å²) in [5.41, 5.74) is -1.11. The molecule has 0 atom stereocenters. The van der Waals surface area contributed by atoms with Crippen LogP contribution in [0.25, 0.3) is 6.08 Å². The van der Waals surface area contributed by atoms with E-state index < -0.39 is 38.9 Å². The highest BCUT2D eigenvalue weighted by molar-refractivity contribution is 7.89. The lowest BCUT2D eigenvalue weighted by molar-refractivity contribution is -0.153. The Morgan fingerprint density at radius 1 is 1.11 bits per heavy atom. The lowest BCUT2D eigenvalue weighted by atomic mass is 9.69. The van der Waals surface area contributed by atoms with Gasteiger partial charge in [0.1, 0.15) is 5.69 Å². The molecule has 0 spiro atoms. The molecule has 0 unspecified atom stereocenters. The summed E-state index contributed by atoms with van der Waals surface area (Å²) in [6.45, 7) is -0.0369. The average Bonchev–Trinajstić information content (AvgIpc) is 3.31. The van der Waals surface area contributed by atoms with E-state index in [0.29, 0.717) is 18.4 Å². The molecule has 1 aromatic heterocycles. The number of sulfonamides is 1. The van der Waals surface area contributed by atoms with Crippen molar-refractivity contribution >= 4 is 27.9 Å². The Morgan fingerprint density at radius 2 is 1.82 bits per heavy atom. The molecule has 0 bridgehead atoms. The van der Waals surface area contributed by atoms with Crippen LogP contribution in [-0.2, 0) is 27.5 Å². The monoisotopic (exact) mass is 547 g/mol. The lowest BCUT2D eigenvalue weighted by Gasteiger charge is -2.37. The van der Waals surface area contributed by atoms with Crippen LogP contribution < -0.4 is 4.72 Å². The smallest absolute Gasteiger partial charge is 0.416 e. The van der Waals surface area contributed by atoms with Crippen LogP contribution >= 0.6 is 0 Å². The number of carbonyl (C=O) groups is 2. The highest BCUT2D eigenvalue weighted by Crippen LogP contribution is 2.40. The predicted molar refractivity (Wildman–Crippen MR) is 132 cm³/mol. The van der Waals surface area contributed by atoms with Crippen LogP contribution in [0.4, 0.5) is 13.2 Å². The van der Waals surface area contributed by atoms with Gasteiger partial charge < -0.3 is 5.11 Å². The Morgan fingerprint density at radius 3 is 2.42 bits per heavy atom. The van der Waals surface area contributed by atoms with Crippen molar-refractivity contribution in [2.24, 2.45) is 5.41 Å². The molecule has 1 heterocycles. The van der Waals surface area contributed by atoms with E-state index in [9.17, 15) is 36.3 Å². The number of carboxylic acids is 1. The van der Waals surface area contributed by atoms with E-state index in [2.05, 4.69) is 9.82 Å². The molecule has 1 aliphatic carbocycles. The Kier molecular flexibility index (Phi) is 7.56. The zero-order valence-electron chi connectivity index (χ0n) is 20.0. The number of hydrogen-bond acceptors (Lipinski definition) is 5. The van der Waals surface area contributed by atoms with Gasteiger partial charge in [-0.2, -0.15) is 18.3 Å². The first kappa shape index (κ1) is 27.3. The minimum Gasteiger partial charge on any atom is -0.481 e. The Balaban J connectivity index is 1.43. The van der Waals surface area contributed by atoms with Gasteiger partial charge in [-0.05, 0) is 48.7 Å². The number of rotatable bonds is 10. The molecule has 200 valence electrons. The van der Waals surface area contributed by atoms with Crippen LogP contribution in [0.1, 0.15) is 46.4 Å². The van der Waals surface area contributed by atoms with E-state index in [1.165, 1.54) is 29.1 Å². The summed E-state index contributed by atoms with van der Waals surface area (Å²) >= 11 is 0. The molecule has 12 heteroatoms. The van der Waals surface area contributed by atoms with Crippen LogP contribution in [0.15, 0.2) is 71.8 Å². The SMILES string of the molecule is O=C(c1ccc(C(F)(F)F)cc1)c1ccnn1C/C=C/c1cccc(S(=O)(=O)NCC2(C(=O)O)CCC2)c1. The third kappa shape index (κ3) is 5.86. The van der Waals surface area contributed by atoms with Gasteiger partial charge in [-0.3, -0.25) is 14.3 Å². The molecule has 4 rings (SSSR count). The van der Waals surface area contributed by atoms with E-state index >= 15 is 0 Å². The zero-order valence-corrected chi connectivity index (χ0v) is 20.8. The first-order valence-electron chi connectivity index (χ1n) is 11.6. The molecule has 8 nitrogen and oxygen atoms in total. The van der Waals surface area contributed by atoms with Crippen LogP contribution in [0.5, 0.6) is 0 Å². The predicted octanol–water partition coefficient (Wildman–Crippen LogP) is 4.38. The van der Waals surface area contributed by atoms with Gasteiger partial charge in [-0.25, -0.2) is 13.1 Å². The van der Waals surface area contributed by atoms with Crippen molar-refractivity contribution in [1.29, 1.82) is 0 Å². The molecule has 0 amide bonds. The number of aliphatic carboxylic acids is 1. The molecule has 2 N–H and O–H groups in total. The standard InChI is InChI=1S/C26H24F3N3O5S/c27-26(28,29)20-9-7-19(8-10-20)23(33)22-11-14-30-32(22)15-2-5-18-4-1-6-21(16-18)38(36,37)31-17-25(24(34)35)12-3-13-25/h1-2,4-11,14,16,31H,3,12-13,15,17H2,(H,34,35)/b5-2+. The number of carbonyl (C=O) groups excluding carboxylic acids is 1. The van der Waals surface area contributed by atoms with Gasteiger partial charge in [0.25, 0.3) is 0 Å². The first-order chi connectivity index (χ1) is 17.9.